The van der Waals surface area contributed by atoms with Crippen LogP contribution in [0.3, 0.4) is 0 Å². The molecular weight excluding hydrogens is 595 g/mol. The van der Waals surface area contributed by atoms with E-state index in [1.807, 2.05) is 97.9 Å². The highest BCUT2D eigenvalue weighted by molar-refractivity contribution is 7.92. The SMILES string of the molecule is C[C@@H]1Cn2ncc(S(=O)(=NC(c3ccccc3)(c3ccccc3)c3ccccc3)NC(=O)Nc3c4c(cc5c3CC5)CCC4)c2O1. The Kier molecular flexibility index (Phi) is 6.94. The van der Waals surface area contributed by atoms with Gasteiger partial charge in [0.2, 0.25) is 5.88 Å². The van der Waals surface area contributed by atoms with Crippen molar-refractivity contribution in [1.29, 1.82) is 0 Å². The Morgan fingerprint density at radius 2 is 1.46 bits per heavy atom. The second kappa shape index (κ2) is 11.2. The summed E-state index contributed by atoms with van der Waals surface area (Å²) in [7, 11) is -3.76. The van der Waals surface area contributed by atoms with Crippen molar-refractivity contribution in [3.05, 3.63) is 142 Å². The molecule has 8 rings (SSSR count). The van der Waals surface area contributed by atoms with E-state index in [2.05, 4.69) is 21.2 Å². The first kappa shape index (κ1) is 28.6. The lowest BCUT2D eigenvalue weighted by atomic mass is 9.78. The lowest BCUT2D eigenvalue weighted by molar-refractivity contribution is 0.248. The van der Waals surface area contributed by atoms with Gasteiger partial charge >= 0.3 is 6.03 Å². The number of amides is 2. The number of hydrogen-bond donors (Lipinski definition) is 2. The third kappa shape index (κ3) is 4.69. The highest BCUT2D eigenvalue weighted by Gasteiger charge is 2.41. The molecule has 1 aliphatic heterocycles. The monoisotopic (exact) mass is 629 g/mol. The Morgan fingerprint density at radius 1 is 0.870 bits per heavy atom. The first-order valence-electron chi connectivity index (χ1n) is 15.9. The number of rotatable bonds is 7. The van der Waals surface area contributed by atoms with Crippen LogP contribution in [0.2, 0.25) is 0 Å². The zero-order valence-electron chi connectivity index (χ0n) is 25.6. The van der Waals surface area contributed by atoms with Crippen molar-refractivity contribution in [1.82, 2.24) is 14.5 Å². The van der Waals surface area contributed by atoms with Gasteiger partial charge in [-0.15, -0.1) is 0 Å². The zero-order valence-corrected chi connectivity index (χ0v) is 26.4. The van der Waals surface area contributed by atoms with E-state index in [-0.39, 0.29) is 11.0 Å². The number of fused-ring (bicyclic) bond motifs is 3. The van der Waals surface area contributed by atoms with Crippen molar-refractivity contribution in [3.63, 3.8) is 0 Å². The first-order valence-corrected chi connectivity index (χ1v) is 17.4. The number of nitrogens with one attached hydrogen (secondary N) is 2. The number of anilines is 1. The van der Waals surface area contributed by atoms with E-state index >= 15 is 4.21 Å². The second-order valence-electron chi connectivity index (χ2n) is 12.3. The molecule has 0 bridgehead atoms. The van der Waals surface area contributed by atoms with E-state index < -0.39 is 21.5 Å². The van der Waals surface area contributed by atoms with Crippen LogP contribution in [0.15, 0.2) is 113 Å². The predicted octanol–water partition coefficient (Wildman–Crippen LogP) is 6.81. The number of aromatic nitrogens is 2. The van der Waals surface area contributed by atoms with Gasteiger partial charge in [0.05, 0.1) is 12.7 Å². The molecule has 1 aromatic heterocycles. The molecule has 46 heavy (non-hydrogen) atoms. The summed E-state index contributed by atoms with van der Waals surface area (Å²) in [5.41, 5.74) is 6.98. The average molecular weight is 630 g/mol. The van der Waals surface area contributed by atoms with Gasteiger partial charge in [0.15, 0.2) is 9.92 Å². The summed E-state index contributed by atoms with van der Waals surface area (Å²) >= 11 is 0. The molecule has 5 aromatic rings. The molecule has 2 atom stereocenters. The summed E-state index contributed by atoms with van der Waals surface area (Å²) in [6.45, 7) is 2.45. The molecule has 0 saturated heterocycles. The molecule has 2 heterocycles. The van der Waals surface area contributed by atoms with E-state index in [0.717, 1.165) is 54.5 Å². The maximum atomic E-state index is 15.8. The quantitative estimate of drug-likeness (QED) is 0.193. The molecule has 2 aliphatic carbocycles. The van der Waals surface area contributed by atoms with Gasteiger partial charge in [-0.25, -0.2) is 18.4 Å². The molecule has 8 nitrogen and oxygen atoms in total. The predicted molar refractivity (Wildman–Crippen MR) is 178 cm³/mol. The maximum Gasteiger partial charge on any atom is 0.331 e. The third-order valence-corrected chi connectivity index (χ3v) is 11.2. The van der Waals surface area contributed by atoms with Crippen LogP contribution in [0.25, 0.3) is 0 Å². The highest BCUT2D eigenvalue weighted by Crippen LogP contribution is 2.44. The Bertz CT molecular complexity index is 1970. The number of carbonyl (C=O) groups is 1. The van der Waals surface area contributed by atoms with Gasteiger partial charge in [0.25, 0.3) is 0 Å². The Balaban J connectivity index is 1.34. The largest absolute Gasteiger partial charge is 0.472 e. The van der Waals surface area contributed by atoms with E-state index in [9.17, 15) is 4.79 Å². The second-order valence-corrected chi connectivity index (χ2v) is 14.2. The number of urea groups is 1. The number of aryl methyl sites for hydroxylation is 2. The van der Waals surface area contributed by atoms with Crippen molar-refractivity contribution in [2.24, 2.45) is 4.36 Å². The molecule has 2 amide bonds. The Morgan fingerprint density at radius 3 is 2.04 bits per heavy atom. The maximum absolute atomic E-state index is 15.8. The molecule has 0 fully saturated rings. The number of ether oxygens (including phenoxy) is 1. The molecule has 0 saturated carbocycles. The van der Waals surface area contributed by atoms with Crippen LogP contribution in [-0.2, 0) is 47.7 Å². The molecule has 4 aromatic carbocycles. The number of carbonyl (C=O) groups excluding carboxylic acids is 1. The van der Waals surface area contributed by atoms with Crippen LogP contribution in [0, 0.1) is 0 Å². The molecule has 3 aliphatic rings. The summed E-state index contributed by atoms with van der Waals surface area (Å²) in [5.74, 6) is 0.356. The first-order chi connectivity index (χ1) is 22.4. The van der Waals surface area contributed by atoms with E-state index in [1.165, 1.54) is 28.5 Å². The van der Waals surface area contributed by atoms with E-state index in [1.54, 1.807) is 4.68 Å². The van der Waals surface area contributed by atoms with Gasteiger partial charge in [-0.1, -0.05) is 97.1 Å². The van der Waals surface area contributed by atoms with Crippen LogP contribution in [0.5, 0.6) is 5.88 Å². The average Bonchev–Trinajstić information content (AvgIpc) is 3.79. The van der Waals surface area contributed by atoms with Crippen LogP contribution < -0.4 is 14.8 Å². The van der Waals surface area contributed by atoms with E-state index in [4.69, 9.17) is 9.10 Å². The van der Waals surface area contributed by atoms with E-state index in [0.29, 0.717) is 12.4 Å². The highest BCUT2D eigenvalue weighted by atomic mass is 32.2. The molecule has 0 radical (unpaired) electrons. The van der Waals surface area contributed by atoms with Crippen LogP contribution in [0.1, 0.15) is 52.3 Å². The molecule has 0 spiro atoms. The van der Waals surface area contributed by atoms with Crippen molar-refractivity contribution < 1.29 is 13.7 Å². The number of benzene rings is 4. The molecule has 1 unspecified atom stereocenters. The Labute approximate surface area is 269 Å². The summed E-state index contributed by atoms with van der Waals surface area (Å²) in [5, 5.41) is 7.66. The minimum absolute atomic E-state index is 0.159. The summed E-state index contributed by atoms with van der Waals surface area (Å²) in [4.78, 5) is 14.4. The molecule has 9 heteroatoms. The number of nitrogens with zero attached hydrogens (tertiary/aromatic N) is 3. The van der Waals surface area contributed by atoms with Gasteiger partial charge in [0.1, 0.15) is 16.5 Å². The van der Waals surface area contributed by atoms with Crippen molar-refractivity contribution in [3.8, 4) is 5.88 Å². The van der Waals surface area contributed by atoms with Crippen molar-refractivity contribution in [2.45, 2.75) is 62.1 Å². The van der Waals surface area contributed by atoms with Gasteiger partial charge < -0.3 is 10.1 Å². The Hall–Kier alpha value is -4.89. The van der Waals surface area contributed by atoms with Crippen molar-refractivity contribution >= 4 is 21.6 Å². The van der Waals surface area contributed by atoms with Crippen LogP contribution in [-0.4, -0.2) is 26.1 Å². The summed E-state index contributed by atoms with van der Waals surface area (Å²) < 4.78 is 31.8. The third-order valence-electron chi connectivity index (χ3n) is 9.35. The fraction of sp³-hybridized carbons (Fsp3) is 0.243. The van der Waals surface area contributed by atoms with Gasteiger partial charge in [0, 0.05) is 5.69 Å². The molecule has 2 N–H and O–H groups in total. The zero-order chi connectivity index (χ0) is 31.3. The van der Waals surface area contributed by atoms with Gasteiger partial charge in [-0.3, -0.25) is 0 Å². The van der Waals surface area contributed by atoms with Crippen molar-refractivity contribution in [2.75, 3.05) is 5.32 Å². The summed E-state index contributed by atoms with van der Waals surface area (Å²) in [6, 6.07) is 31.2. The topological polar surface area (TPSA) is 97.6 Å². The normalized spacial score (nSPS) is 17.5. The smallest absolute Gasteiger partial charge is 0.331 e. The fourth-order valence-electron chi connectivity index (χ4n) is 7.14. The fourth-order valence-corrected chi connectivity index (χ4v) is 8.98. The van der Waals surface area contributed by atoms with Crippen LogP contribution in [0.4, 0.5) is 10.5 Å². The van der Waals surface area contributed by atoms with Gasteiger partial charge in [-0.05, 0) is 78.0 Å². The minimum Gasteiger partial charge on any atom is -0.472 e. The number of hydrogen-bond acceptors (Lipinski definition) is 5. The lowest BCUT2D eigenvalue weighted by Gasteiger charge is -2.33. The van der Waals surface area contributed by atoms with Crippen LogP contribution >= 0.6 is 0 Å². The summed E-state index contributed by atoms with van der Waals surface area (Å²) in [6.07, 6.45) is 6.28. The van der Waals surface area contributed by atoms with Gasteiger partial charge in [-0.2, -0.15) is 9.46 Å². The lowest BCUT2D eigenvalue weighted by Crippen LogP contribution is -2.38. The minimum atomic E-state index is -3.76. The molecular formula is C37H35N5O3S. The molecule has 232 valence electrons. The standard InChI is InChI=1S/C37H35N5O3S/c1-25-24-42-35(45-25)33(23-38-42)46(44,40-36(43)39-34-31-19-11-12-26(31)22-27-20-21-32(27)34)41-37(28-13-5-2-6-14-28,29-15-7-3-8-16-29)30-17-9-4-10-18-30/h2-10,13-18,22-23,25H,11-12,19-21,24H2,1H3,(H2,39,40,41,43,44)/t25-,46?/m1/s1.